The molecule has 0 saturated heterocycles. The Bertz CT molecular complexity index is 913. The van der Waals surface area contributed by atoms with Gasteiger partial charge in [0.15, 0.2) is 0 Å². The van der Waals surface area contributed by atoms with Gasteiger partial charge in [0.25, 0.3) is 11.8 Å². The number of amides is 3. The molecule has 0 unspecified atom stereocenters. The van der Waals surface area contributed by atoms with Gasteiger partial charge in [-0.1, -0.05) is 46.8 Å². The zero-order chi connectivity index (χ0) is 28.9. The summed E-state index contributed by atoms with van der Waals surface area (Å²) in [7, 11) is 1.16. The number of methoxy groups -OCH3 is 1. The highest BCUT2D eigenvalue weighted by Gasteiger charge is 2.17. The van der Waals surface area contributed by atoms with Crippen LogP contribution in [0.25, 0.3) is 0 Å². The predicted molar refractivity (Wildman–Crippen MR) is 153 cm³/mol. The molecule has 214 valence electrons. The lowest BCUT2D eigenvalue weighted by atomic mass is 10.00. The van der Waals surface area contributed by atoms with Crippen molar-refractivity contribution in [2.45, 2.75) is 65.7 Å². The Balaban J connectivity index is 0.000000761. The Labute approximate surface area is 235 Å². The molecule has 1 rings (SSSR count). The summed E-state index contributed by atoms with van der Waals surface area (Å²) in [6.45, 7) is 14.3. The van der Waals surface area contributed by atoms with Gasteiger partial charge in [0.2, 0.25) is 0 Å². The number of nitrogens with one attached hydrogen (secondary N) is 3. The van der Waals surface area contributed by atoms with E-state index in [-0.39, 0.29) is 23.2 Å². The van der Waals surface area contributed by atoms with Gasteiger partial charge >= 0.3 is 12.1 Å². The topological polar surface area (TPSA) is 136 Å². The molecule has 3 N–H and O–H groups in total. The van der Waals surface area contributed by atoms with Crippen molar-refractivity contribution >= 4 is 47.8 Å². The summed E-state index contributed by atoms with van der Waals surface area (Å²) in [5.74, 6) is -0.772. The van der Waals surface area contributed by atoms with Crippen molar-refractivity contribution in [3.63, 3.8) is 0 Å². The van der Waals surface area contributed by atoms with Crippen LogP contribution in [0, 0.1) is 5.92 Å². The number of rotatable bonds is 16. The Morgan fingerprint density at radius 1 is 1.05 bits per heavy atom. The third-order valence-electron chi connectivity index (χ3n) is 4.93. The zero-order valence-corrected chi connectivity index (χ0v) is 24.6. The summed E-state index contributed by atoms with van der Waals surface area (Å²) in [6.07, 6.45) is 6.88. The van der Waals surface area contributed by atoms with Crippen molar-refractivity contribution in [3.05, 3.63) is 40.6 Å². The first-order valence-corrected chi connectivity index (χ1v) is 14.2. The molecule has 0 bridgehead atoms. The van der Waals surface area contributed by atoms with Gasteiger partial charge in [0, 0.05) is 11.9 Å². The van der Waals surface area contributed by atoms with Gasteiger partial charge in [-0.05, 0) is 43.8 Å². The summed E-state index contributed by atoms with van der Waals surface area (Å²) >= 11 is 5.45. The van der Waals surface area contributed by atoms with Crippen LogP contribution in [-0.2, 0) is 25.5 Å². The van der Waals surface area contributed by atoms with E-state index in [1.165, 1.54) is 11.3 Å². The largest absolute Gasteiger partial charge is 0.464 e. The van der Waals surface area contributed by atoms with Crippen molar-refractivity contribution in [1.29, 1.82) is 0 Å². The molecule has 0 radical (unpaired) electrons. The fraction of sp³-hybridized carbons (Fsp3) is 0.577. The van der Waals surface area contributed by atoms with Crippen LogP contribution in [0.15, 0.2) is 29.9 Å². The molecule has 12 heteroatoms. The minimum atomic E-state index is -0.781. The second-order valence-corrected chi connectivity index (χ2v) is 9.67. The summed E-state index contributed by atoms with van der Waals surface area (Å²) in [4.78, 5) is 50.2. The quantitative estimate of drug-likeness (QED) is 0.100. The van der Waals surface area contributed by atoms with Gasteiger partial charge in [-0.2, -0.15) is 12.6 Å². The number of carbonyl (C=O) groups is 4. The molecule has 3 amide bonds. The lowest BCUT2D eigenvalue weighted by Crippen LogP contribution is -2.35. The molecule has 0 aliphatic carbocycles. The monoisotopic (exact) mass is 570 g/mol. The second-order valence-electron chi connectivity index (χ2n) is 8.28. The predicted octanol–water partition coefficient (Wildman–Crippen LogP) is 4.39. The number of aromatic nitrogens is 1. The summed E-state index contributed by atoms with van der Waals surface area (Å²) in [6, 6.07) is 0. The van der Waals surface area contributed by atoms with Crippen LogP contribution in [0.4, 0.5) is 4.79 Å². The second kappa shape index (κ2) is 21.1. The zero-order valence-electron chi connectivity index (χ0n) is 22.9. The number of thiazole rings is 1. The number of aryl methyl sites for hydroxylation is 1. The maximum absolute atomic E-state index is 11.9. The molecule has 0 aliphatic heterocycles. The number of thiol groups is 1. The van der Waals surface area contributed by atoms with Gasteiger partial charge < -0.3 is 25.4 Å². The maximum atomic E-state index is 11.9. The first-order chi connectivity index (χ1) is 18.1. The fourth-order valence-electron chi connectivity index (χ4n) is 3.03. The van der Waals surface area contributed by atoms with Crippen molar-refractivity contribution in [3.8, 4) is 0 Å². The van der Waals surface area contributed by atoms with Crippen LogP contribution >= 0.6 is 24.0 Å². The van der Waals surface area contributed by atoms with E-state index in [2.05, 4.69) is 65.3 Å². The molecule has 10 nitrogen and oxygen atoms in total. The molecule has 1 heterocycles. The van der Waals surface area contributed by atoms with Gasteiger partial charge in [0.1, 0.15) is 11.4 Å². The first-order valence-electron chi connectivity index (χ1n) is 12.7. The van der Waals surface area contributed by atoms with Gasteiger partial charge in [-0.3, -0.25) is 9.59 Å². The van der Waals surface area contributed by atoms with E-state index in [0.29, 0.717) is 19.1 Å². The Morgan fingerprint density at radius 3 is 2.26 bits per heavy atom. The lowest BCUT2D eigenvalue weighted by molar-refractivity contribution is -0.137. The van der Waals surface area contributed by atoms with Crippen molar-refractivity contribution in [2.75, 3.05) is 26.0 Å². The molecule has 0 aromatic carbocycles. The minimum Gasteiger partial charge on any atom is -0.464 e. The summed E-state index contributed by atoms with van der Waals surface area (Å²) in [5, 5.41) is 9.66. The van der Waals surface area contributed by atoms with Crippen LogP contribution < -0.4 is 16.0 Å². The molecule has 1 aromatic heterocycles. The van der Waals surface area contributed by atoms with Crippen LogP contribution in [0.2, 0.25) is 0 Å². The molecule has 0 fully saturated rings. The third kappa shape index (κ3) is 15.4. The summed E-state index contributed by atoms with van der Waals surface area (Å²) < 4.78 is 9.57. The van der Waals surface area contributed by atoms with Crippen molar-refractivity contribution in [1.82, 2.24) is 20.9 Å². The van der Waals surface area contributed by atoms with E-state index in [1.807, 2.05) is 6.92 Å². The highest BCUT2D eigenvalue weighted by molar-refractivity contribution is 7.80. The SMILES string of the molecule is C=C(NC(=O)c1csc(CCC)n1)C(=O)NC(=C)C(=O)OC.CCCC(CCC)COC(=O)NCCCS. The molecule has 1 aromatic rings. The summed E-state index contributed by atoms with van der Waals surface area (Å²) in [5.41, 5.74) is -0.254. The number of hydrogen-bond acceptors (Lipinski definition) is 9. The molecular weight excluding hydrogens is 528 g/mol. The van der Waals surface area contributed by atoms with E-state index < -0.39 is 17.8 Å². The van der Waals surface area contributed by atoms with Gasteiger partial charge in [-0.25, -0.2) is 14.6 Å². The van der Waals surface area contributed by atoms with Crippen molar-refractivity contribution in [2.24, 2.45) is 5.92 Å². The highest BCUT2D eigenvalue weighted by Crippen LogP contribution is 2.14. The normalized spacial score (nSPS) is 10.1. The van der Waals surface area contributed by atoms with E-state index in [0.717, 1.165) is 62.8 Å². The van der Waals surface area contributed by atoms with E-state index in [1.54, 1.807) is 5.38 Å². The lowest BCUT2D eigenvalue weighted by Gasteiger charge is -2.15. The van der Waals surface area contributed by atoms with Crippen LogP contribution in [-0.4, -0.2) is 54.9 Å². The number of carbonyl (C=O) groups excluding carboxylic acids is 4. The van der Waals surface area contributed by atoms with Crippen LogP contribution in [0.5, 0.6) is 0 Å². The number of ether oxygens (including phenoxy) is 2. The fourth-order valence-corrected chi connectivity index (χ4v) is 4.07. The van der Waals surface area contributed by atoms with E-state index >= 15 is 0 Å². The van der Waals surface area contributed by atoms with Gasteiger partial charge in [-0.15, -0.1) is 11.3 Å². The van der Waals surface area contributed by atoms with E-state index in [4.69, 9.17) is 4.74 Å². The van der Waals surface area contributed by atoms with Crippen molar-refractivity contribution < 1.29 is 28.7 Å². The number of esters is 1. The molecule has 0 aliphatic rings. The standard InChI is InChI=1S/C14H17N3O4S.C12H25NO2S/c1-5-6-11-17-10(7-22-11)13(19)15-8(2)12(18)16-9(3)14(20)21-4;1-3-6-11(7-4-2)10-15-12(14)13-8-5-9-16/h7H,2-3,5-6H2,1,4H3,(H,15,19)(H,16,18);11,16H,3-10H2,1-2H3,(H,13,14). The first kappa shape index (κ1) is 35.1. The maximum Gasteiger partial charge on any atom is 0.407 e. The third-order valence-corrected chi connectivity index (χ3v) is 6.16. The Hall–Kier alpha value is -2.86. The minimum absolute atomic E-state index is 0.217. The molecular formula is C26H42N4O6S2. The Morgan fingerprint density at radius 2 is 1.71 bits per heavy atom. The molecule has 0 atom stereocenters. The van der Waals surface area contributed by atoms with Gasteiger partial charge in [0.05, 0.1) is 24.4 Å². The Kier molecular flexibility index (Phi) is 19.5. The number of alkyl carbamates (subject to hydrolysis) is 1. The molecule has 0 saturated carbocycles. The average molecular weight is 571 g/mol. The number of hydrogen-bond donors (Lipinski definition) is 4. The van der Waals surface area contributed by atoms with Crippen LogP contribution in [0.1, 0.15) is 74.8 Å². The molecule has 0 spiro atoms. The van der Waals surface area contributed by atoms with E-state index in [9.17, 15) is 19.2 Å². The molecule has 38 heavy (non-hydrogen) atoms. The smallest absolute Gasteiger partial charge is 0.407 e. The number of nitrogens with zero attached hydrogens (tertiary/aromatic N) is 1. The average Bonchev–Trinajstić information content (AvgIpc) is 3.36. The van der Waals surface area contributed by atoms with Crippen LogP contribution in [0.3, 0.4) is 0 Å². The highest BCUT2D eigenvalue weighted by atomic mass is 32.1.